The zero-order valence-electron chi connectivity index (χ0n) is 17.1. The summed E-state index contributed by atoms with van der Waals surface area (Å²) in [5.41, 5.74) is 0. The number of rotatable bonds is 8. The number of Topliss-reactive ketones (excluding diaryl/α,β-unsaturated/α-hetero) is 1. The first-order valence-corrected chi connectivity index (χ1v) is 10.5. The molecule has 0 spiro atoms. The topological polar surface area (TPSA) is 55.8 Å². The lowest BCUT2D eigenvalue weighted by Crippen LogP contribution is -2.36. The van der Waals surface area contributed by atoms with E-state index in [2.05, 4.69) is 0 Å². The summed E-state index contributed by atoms with van der Waals surface area (Å²) in [4.78, 5) is 24.5. The molecule has 0 N–H and O–H groups in total. The molecule has 0 atom stereocenters. The van der Waals surface area contributed by atoms with Crippen LogP contribution in [0.1, 0.15) is 78.6 Å². The minimum Gasteiger partial charge on any atom is -0.379 e. The molecule has 0 aromatic heterocycles. The summed E-state index contributed by atoms with van der Waals surface area (Å²) in [6.45, 7) is 9.26. The highest BCUT2D eigenvalue weighted by atomic mass is 16.5. The van der Waals surface area contributed by atoms with Gasteiger partial charge >= 0.3 is 0 Å². The monoisotopic (exact) mass is 369 g/mol. The summed E-state index contributed by atoms with van der Waals surface area (Å²) < 4.78 is 10.7. The third kappa shape index (κ3) is 10.9. The van der Waals surface area contributed by atoms with Crippen LogP contribution >= 0.6 is 0 Å². The number of carbonyl (C=O) groups excluding carboxylic acids is 2. The lowest BCUT2D eigenvalue weighted by molar-refractivity contribution is -0.133. The average molecular weight is 370 g/mol. The molecule has 5 heteroatoms. The third-order valence-electron chi connectivity index (χ3n) is 5.03. The minimum absolute atomic E-state index is 0.231. The molecular formula is C21H39NO4. The number of nitrogens with zero attached hydrogens (tertiary/aromatic N) is 1. The van der Waals surface area contributed by atoms with Crippen LogP contribution in [0.2, 0.25) is 0 Å². The van der Waals surface area contributed by atoms with E-state index in [1.165, 1.54) is 25.7 Å². The van der Waals surface area contributed by atoms with Crippen molar-refractivity contribution in [2.75, 3.05) is 32.9 Å². The molecule has 1 saturated carbocycles. The van der Waals surface area contributed by atoms with Gasteiger partial charge in [0.25, 0.3) is 0 Å². The number of hydrogen-bond acceptors (Lipinski definition) is 4. The molecule has 1 amide bonds. The Kier molecular flexibility index (Phi) is 12.6. The van der Waals surface area contributed by atoms with Crippen LogP contribution in [-0.2, 0) is 19.1 Å². The van der Waals surface area contributed by atoms with E-state index in [0.29, 0.717) is 37.9 Å². The predicted octanol–water partition coefficient (Wildman–Crippen LogP) is 3.99. The van der Waals surface area contributed by atoms with Crippen LogP contribution in [-0.4, -0.2) is 55.6 Å². The van der Waals surface area contributed by atoms with Gasteiger partial charge in [-0.2, -0.15) is 0 Å². The summed E-state index contributed by atoms with van der Waals surface area (Å²) >= 11 is 0. The van der Waals surface area contributed by atoms with Gasteiger partial charge in [-0.1, -0.05) is 19.3 Å². The molecule has 0 unspecified atom stereocenters. The molecule has 5 nitrogen and oxygen atoms in total. The summed E-state index contributed by atoms with van der Waals surface area (Å²) in [7, 11) is 0. The fourth-order valence-electron chi connectivity index (χ4n) is 3.41. The maximum atomic E-state index is 11.8. The number of amides is 1. The molecule has 0 bridgehead atoms. The molecule has 0 radical (unpaired) electrons. The lowest BCUT2D eigenvalue weighted by atomic mass is 9.87. The lowest BCUT2D eigenvalue weighted by Gasteiger charge is -2.26. The van der Waals surface area contributed by atoms with Crippen molar-refractivity contribution in [3.8, 4) is 0 Å². The van der Waals surface area contributed by atoms with Gasteiger partial charge in [0.1, 0.15) is 5.78 Å². The second-order valence-corrected chi connectivity index (χ2v) is 7.67. The van der Waals surface area contributed by atoms with E-state index in [9.17, 15) is 9.59 Å². The number of ether oxygens (including phenoxy) is 2. The predicted molar refractivity (Wildman–Crippen MR) is 104 cm³/mol. The third-order valence-corrected chi connectivity index (χ3v) is 5.03. The second kappa shape index (κ2) is 14.2. The Morgan fingerprint density at radius 2 is 1.54 bits per heavy atom. The Hall–Kier alpha value is -0.940. The Labute approximate surface area is 159 Å². The molecule has 1 aliphatic carbocycles. The van der Waals surface area contributed by atoms with Crippen LogP contribution < -0.4 is 0 Å². The smallest absolute Gasteiger partial charge is 0.224 e. The van der Waals surface area contributed by atoms with Crippen LogP contribution in [0, 0.1) is 5.92 Å². The highest BCUT2D eigenvalue weighted by Crippen LogP contribution is 2.23. The van der Waals surface area contributed by atoms with Gasteiger partial charge in [0, 0.05) is 19.0 Å². The van der Waals surface area contributed by atoms with Crippen molar-refractivity contribution in [2.24, 2.45) is 5.92 Å². The van der Waals surface area contributed by atoms with Gasteiger partial charge in [-0.25, -0.2) is 0 Å². The SMILES string of the molecule is CC(=O)C1CCCCC1.CC(C)OCCOCCC(=O)N1CCCCC1. The molecule has 2 aliphatic rings. The molecule has 0 aromatic carbocycles. The first kappa shape index (κ1) is 23.1. The summed E-state index contributed by atoms with van der Waals surface area (Å²) in [6.07, 6.45) is 10.5. The molecule has 2 fully saturated rings. The van der Waals surface area contributed by atoms with E-state index in [1.54, 1.807) is 6.92 Å². The van der Waals surface area contributed by atoms with Gasteiger partial charge < -0.3 is 14.4 Å². The van der Waals surface area contributed by atoms with E-state index in [4.69, 9.17) is 9.47 Å². The molecule has 152 valence electrons. The zero-order valence-corrected chi connectivity index (χ0v) is 17.1. The Bertz CT molecular complexity index is 385. The Balaban J connectivity index is 0.000000314. The molecule has 26 heavy (non-hydrogen) atoms. The average Bonchev–Trinajstić information content (AvgIpc) is 2.66. The van der Waals surface area contributed by atoms with Crippen LogP contribution in [0.15, 0.2) is 0 Å². The van der Waals surface area contributed by atoms with Crippen LogP contribution in [0.25, 0.3) is 0 Å². The molecular weight excluding hydrogens is 330 g/mol. The fraction of sp³-hybridized carbons (Fsp3) is 0.905. The molecule has 1 heterocycles. The first-order chi connectivity index (χ1) is 12.5. The number of likely N-dealkylation sites (tertiary alicyclic amines) is 1. The van der Waals surface area contributed by atoms with Gasteiger partial charge in [0.05, 0.1) is 32.3 Å². The first-order valence-electron chi connectivity index (χ1n) is 10.5. The number of hydrogen-bond donors (Lipinski definition) is 0. The quantitative estimate of drug-likeness (QED) is 0.607. The van der Waals surface area contributed by atoms with Crippen molar-refractivity contribution in [1.82, 2.24) is 4.90 Å². The van der Waals surface area contributed by atoms with E-state index < -0.39 is 0 Å². The second-order valence-electron chi connectivity index (χ2n) is 7.67. The largest absolute Gasteiger partial charge is 0.379 e. The van der Waals surface area contributed by atoms with Crippen molar-refractivity contribution >= 4 is 11.7 Å². The number of ketones is 1. The molecule has 1 aliphatic heterocycles. The van der Waals surface area contributed by atoms with Gasteiger partial charge in [-0.05, 0) is 52.9 Å². The maximum Gasteiger partial charge on any atom is 0.224 e. The Morgan fingerprint density at radius 1 is 0.923 bits per heavy atom. The normalized spacial score (nSPS) is 18.4. The number of piperidine rings is 1. The summed E-state index contributed by atoms with van der Waals surface area (Å²) in [5, 5.41) is 0. The van der Waals surface area contributed by atoms with Gasteiger partial charge in [-0.15, -0.1) is 0 Å². The van der Waals surface area contributed by atoms with Crippen molar-refractivity contribution in [2.45, 2.75) is 84.7 Å². The summed E-state index contributed by atoms with van der Waals surface area (Å²) in [5.74, 6) is 1.04. The van der Waals surface area contributed by atoms with E-state index in [0.717, 1.165) is 38.8 Å². The van der Waals surface area contributed by atoms with E-state index in [1.807, 2.05) is 18.7 Å². The van der Waals surface area contributed by atoms with Crippen molar-refractivity contribution in [3.63, 3.8) is 0 Å². The van der Waals surface area contributed by atoms with Crippen molar-refractivity contribution in [3.05, 3.63) is 0 Å². The maximum absolute atomic E-state index is 11.8. The van der Waals surface area contributed by atoms with Crippen molar-refractivity contribution in [1.29, 1.82) is 0 Å². The van der Waals surface area contributed by atoms with Gasteiger partial charge in [0.2, 0.25) is 5.91 Å². The van der Waals surface area contributed by atoms with Crippen LogP contribution in [0.5, 0.6) is 0 Å². The zero-order chi connectivity index (χ0) is 19.2. The Morgan fingerprint density at radius 3 is 2.08 bits per heavy atom. The minimum atomic E-state index is 0.231. The molecule has 1 saturated heterocycles. The van der Waals surface area contributed by atoms with Crippen LogP contribution in [0.4, 0.5) is 0 Å². The van der Waals surface area contributed by atoms with Crippen molar-refractivity contribution < 1.29 is 19.1 Å². The fourth-order valence-corrected chi connectivity index (χ4v) is 3.41. The molecule has 2 rings (SSSR count). The molecule has 0 aromatic rings. The summed E-state index contributed by atoms with van der Waals surface area (Å²) in [6, 6.07) is 0. The van der Waals surface area contributed by atoms with Gasteiger partial charge in [-0.3, -0.25) is 9.59 Å². The number of carbonyl (C=O) groups is 2. The standard InChI is InChI=1S/C13H25NO3.C8H14O/c1-12(2)17-11-10-16-9-6-13(15)14-7-4-3-5-8-14;1-7(9)8-5-3-2-4-6-8/h12H,3-11H2,1-2H3;8H,2-6H2,1H3. The highest BCUT2D eigenvalue weighted by molar-refractivity contribution is 5.78. The van der Waals surface area contributed by atoms with Gasteiger partial charge in [0.15, 0.2) is 0 Å². The van der Waals surface area contributed by atoms with E-state index in [-0.39, 0.29) is 12.0 Å². The van der Waals surface area contributed by atoms with E-state index >= 15 is 0 Å². The highest BCUT2D eigenvalue weighted by Gasteiger charge is 2.17. The van der Waals surface area contributed by atoms with Crippen LogP contribution in [0.3, 0.4) is 0 Å².